The van der Waals surface area contributed by atoms with Gasteiger partial charge in [-0.2, -0.15) is 0 Å². The molecule has 6 fully saturated rings. The minimum atomic E-state index is 0.0597. The van der Waals surface area contributed by atoms with E-state index in [1.54, 1.807) is 50.3 Å². The molecule has 6 saturated carbocycles. The molecule has 0 spiro atoms. The van der Waals surface area contributed by atoms with Crippen LogP contribution in [-0.4, -0.2) is 30.6 Å². The number of rotatable bonds is 7. The van der Waals surface area contributed by atoms with Crippen molar-refractivity contribution >= 4 is 0 Å². The number of aryl methyl sites for hydroxylation is 9. The van der Waals surface area contributed by atoms with Crippen LogP contribution < -0.4 is 0 Å². The average Bonchev–Trinajstić information content (AvgIpc) is 1.89. The second kappa shape index (κ2) is 28.8. The molecule has 6 N–H and O–H groups in total. The Morgan fingerprint density at radius 2 is 0.698 bits per heavy atom. The van der Waals surface area contributed by atoms with Crippen LogP contribution in [0.3, 0.4) is 0 Å². The van der Waals surface area contributed by atoms with E-state index in [1.165, 1.54) is 95.7 Å². The minimum Gasteiger partial charge on any atom is -0.508 e. The molecule has 7 atom stereocenters. The molecule has 0 radical (unpaired) electrons. The molecule has 6 bridgehead atoms. The molecule has 0 aliphatic heterocycles. The number of benzene rings is 8. The Balaban J connectivity index is 0.000000132. The van der Waals surface area contributed by atoms with Gasteiger partial charge < -0.3 is 30.6 Å². The number of hydrogen-bond acceptors (Lipinski definition) is 6. The summed E-state index contributed by atoms with van der Waals surface area (Å²) in [4.78, 5) is 0. The first-order chi connectivity index (χ1) is 41.3. The van der Waals surface area contributed by atoms with Crippen molar-refractivity contribution in [3.63, 3.8) is 0 Å². The maximum absolute atomic E-state index is 9.88. The Hall–Kier alpha value is -7.44. The fourth-order valence-corrected chi connectivity index (χ4v) is 15.2. The van der Waals surface area contributed by atoms with Crippen molar-refractivity contribution in [1.82, 2.24) is 0 Å². The third-order valence-corrected chi connectivity index (χ3v) is 20.3. The van der Waals surface area contributed by atoms with Gasteiger partial charge >= 0.3 is 0 Å². The number of phenolic OH excluding ortho intramolecular Hbond substituents is 6. The highest BCUT2D eigenvalue weighted by Crippen LogP contribution is 2.59. The summed E-state index contributed by atoms with van der Waals surface area (Å²) < 4.78 is 0. The van der Waals surface area contributed by atoms with Crippen LogP contribution in [0, 0.1) is 90.9 Å². The molecule has 6 heteroatoms. The maximum Gasteiger partial charge on any atom is 0.118 e. The second-order valence-electron chi connectivity index (χ2n) is 26.5. The van der Waals surface area contributed by atoms with E-state index in [9.17, 15) is 25.5 Å². The first-order valence-corrected chi connectivity index (χ1v) is 32.1. The zero-order chi connectivity index (χ0) is 61.2. The summed E-state index contributed by atoms with van der Waals surface area (Å²) in [6.45, 7) is 17.9. The summed E-state index contributed by atoms with van der Waals surface area (Å²) in [5, 5.41) is 57.8. The Bertz CT molecular complexity index is 3380. The lowest BCUT2D eigenvalue weighted by atomic mass is 9.76. The van der Waals surface area contributed by atoms with E-state index in [4.69, 9.17) is 5.11 Å². The van der Waals surface area contributed by atoms with E-state index >= 15 is 0 Å². The monoisotopic (exact) mass is 1150 g/mol. The largest absolute Gasteiger partial charge is 0.508 e. The van der Waals surface area contributed by atoms with Gasteiger partial charge in [-0.25, -0.2) is 0 Å². The number of phenols is 6. The Kier molecular flexibility index (Phi) is 21.1. The summed E-state index contributed by atoms with van der Waals surface area (Å²) in [7, 11) is 0. The van der Waals surface area contributed by atoms with Crippen molar-refractivity contribution in [2.45, 2.75) is 169 Å². The van der Waals surface area contributed by atoms with Gasteiger partial charge in [0.05, 0.1) is 0 Å². The Labute approximate surface area is 514 Å². The number of hydrogen-bond donors (Lipinski definition) is 6. The summed E-state index contributed by atoms with van der Waals surface area (Å²) >= 11 is 0. The molecule has 0 amide bonds. The zero-order valence-electron chi connectivity index (χ0n) is 52.7. The highest BCUT2D eigenvalue weighted by molar-refractivity contribution is 5.50. The average molecular weight is 1150 g/mol. The normalized spacial score (nSPS) is 22.5. The van der Waals surface area contributed by atoms with Gasteiger partial charge in [-0.1, -0.05) is 178 Å². The Morgan fingerprint density at radius 1 is 0.314 bits per heavy atom. The van der Waals surface area contributed by atoms with Crippen LogP contribution >= 0.6 is 0 Å². The predicted octanol–water partition coefficient (Wildman–Crippen LogP) is 20.3. The zero-order valence-corrected chi connectivity index (χ0v) is 52.7. The van der Waals surface area contributed by atoms with Gasteiger partial charge in [0.15, 0.2) is 0 Å². The lowest BCUT2D eigenvalue weighted by molar-refractivity contribution is 0.374. The standard InChI is InChI=1S/C23H24O2.C21H24O2.C14H18O.C8H10O.C7H12.C7H8/c1-4-17-5-7-18(8-6-17)23(19-9-11-21(24)15(2)13-19)20-10-12-22(25)16(3)14-20;1-12-7-14(3-5-20(12)22)18-10-17-9-16(18)11-19(17)15-4-6-21(23)13(2)8-15;1-9-6-11(4-5-14(9)15)13-8-10-2-3-12(13)7-10;1-6-3-4-8(9)7(2)5-6;1-2-7-4-3-6(1)5-7;1-7-5-3-2-4-6-7/h5-14,23-25H,4H2,1-3H3;3-8,16-19,22-23H,9-11H2,1-2H3;4-6,10,12-13,15H,2-3,7-8H2,1H3;3-5,9H,1-2H3;6-7H,1-5H2;2-6H,1H3/t;16-,17-,18-,19?;10-,12+,13-;;;/m.00.../s1. The molecule has 0 heterocycles. The van der Waals surface area contributed by atoms with Crippen LogP contribution in [-0.2, 0) is 6.42 Å². The van der Waals surface area contributed by atoms with E-state index in [-0.39, 0.29) is 5.92 Å². The lowest BCUT2D eigenvalue weighted by Crippen LogP contribution is -2.15. The van der Waals surface area contributed by atoms with Gasteiger partial charge in [-0.3, -0.25) is 0 Å². The van der Waals surface area contributed by atoms with Crippen LogP contribution in [0.15, 0.2) is 164 Å². The molecule has 1 unspecified atom stereocenters. The lowest BCUT2D eigenvalue weighted by Gasteiger charge is -2.29. The van der Waals surface area contributed by atoms with Crippen molar-refractivity contribution < 1.29 is 30.6 Å². The summed E-state index contributed by atoms with van der Waals surface area (Å²) in [6, 6.07) is 54.4. The highest BCUT2D eigenvalue weighted by Gasteiger charge is 2.47. The number of aromatic hydroxyl groups is 6. The molecule has 8 aromatic carbocycles. The quantitative estimate of drug-likeness (QED) is 0.0885. The van der Waals surface area contributed by atoms with Crippen LogP contribution in [0.2, 0.25) is 0 Å². The first kappa shape index (κ1) is 63.1. The van der Waals surface area contributed by atoms with Crippen LogP contribution in [0.25, 0.3) is 0 Å². The molecule has 452 valence electrons. The summed E-state index contributed by atoms with van der Waals surface area (Å²) in [5.41, 5.74) is 17.2. The fraction of sp³-hybridized carbons (Fsp3) is 0.400. The van der Waals surface area contributed by atoms with Crippen molar-refractivity contribution in [3.8, 4) is 34.5 Å². The van der Waals surface area contributed by atoms with Gasteiger partial charge in [0.1, 0.15) is 34.5 Å². The van der Waals surface area contributed by atoms with Gasteiger partial charge in [0, 0.05) is 5.92 Å². The molecule has 8 aromatic rings. The van der Waals surface area contributed by atoms with Crippen LogP contribution in [0.4, 0.5) is 0 Å². The third kappa shape index (κ3) is 15.9. The second-order valence-corrected chi connectivity index (χ2v) is 26.5. The molecule has 6 aliphatic carbocycles. The first-order valence-electron chi connectivity index (χ1n) is 32.1. The molecule has 86 heavy (non-hydrogen) atoms. The smallest absolute Gasteiger partial charge is 0.118 e. The third-order valence-electron chi connectivity index (χ3n) is 20.3. The maximum atomic E-state index is 9.88. The van der Waals surface area contributed by atoms with Crippen molar-refractivity contribution in [1.29, 1.82) is 0 Å². The fourth-order valence-electron chi connectivity index (χ4n) is 15.2. The van der Waals surface area contributed by atoms with E-state index in [1.807, 2.05) is 121 Å². The van der Waals surface area contributed by atoms with Gasteiger partial charge in [0.2, 0.25) is 0 Å². The molecule has 6 nitrogen and oxygen atoms in total. The SMILES string of the molecule is C1CC2CCC1C2.CCc1ccc(C(c2ccc(O)c(C)c2)c2ccc(O)c(C)c2)cc1.Cc1cc(C2C[C@@H]3C[C@H]2C[C@H]3c2ccc(O)c(C)c2)ccc1O.Cc1cc([C@@H]2C[C@H]3CC[C@@H]2C3)ccc1O.Cc1ccc(O)c(C)c1.Cc1ccccc1. The number of fused-ring (bicyclic) bond motifs is 6. The Morgan fingerprint density at radius 3 is 1.01 bits per heavy atom. The van der Waals surface area contributed by atoms with Crippen LogP contribution in [0.5, 0.6) is 34.5 Å². The van der Waals surface area contributed by atoms with Gasteiger partial charge in [-0.15, -0.1) is 0 Å². The molecule has 14 rings (SSSR count). The highest BCUT2D eigenvalue weighted by atomic mass is 16.3. The van der Waals surface area contributed by atoms with E-state index in [2.05, 4.69) is 86.6 Å². The topological polar surface area (TPSA) is 121 Å². The van der Waals surface area contributed by atoms with Gasteiger partial charge in [0.25, 0.3) is 0 Å². The molecular formula is C80H96O6. The van der Waals surface area contributed by atoms with E-state index in [0.717, 1.165) is 80.5 Å². The van der Waals surface area contributed by atoms with Crippen molar-refractivity contribution in [2.75, 3.05) is 0 Å². The molecule has 0 saturated heterocycles. The molecule has 0 aromatic heterocycles. The predicted molar refractivity (Wildman–Crippen MR) is 354 cm³/mol. The van der Waals surface area contributed by atoms with Crippen molar-refractivity contribution in [3.05, 3.63) is 247 Å². The summed E-state index contributed by atoms with van der Waals surface area (Å²) in [5.74, 6) is 10.1. The summed E-state index contributed by atoms with van der Waals surface area (Å²) in [6.07, 6.45) is 18.4. The van der Waals surface area contributed by atoms with Crippen LogP contribution in [0.1, 0.15) is 191 Å². The minimum absolute atomic E-state index is 0.0597. The molecular weight excluding hydrogens is 1060 g/mol. The van der Waals surface area contributed by atoms with E-state index < -0.39 is 0 Å². The molecule has 6 aliphatic rings. The van der Waals surface area contributed by atoms with Gasteiger partial charge in [-0.05, 0) is 269 Å². The van der Waals surface area contributed by atoms with Crippen molar-refractivity contribution in [2.24, 2.45) is 35.5 Å². The van der Waals surface area contributed by atoms with E-state index in [0.29, 0.717) is 46.3 Å².